The van der Waals surface area contributed by atoms with E-state index in [1.165, 1.54) is 0 Å². The molecule has 0 unspecified atom stereocenters. The maximum absolute atomic E-state index is 5.29. The second-order valence-corrected chi connectivity index (χ2v) is 3.72. The first-order chi connectivity index (χ1) is 7.88. The predicted octanol–water partition coefficient (Wildman–Crippen LogP) is 1.41. The van der Waals surface area contributed by atoms with E-state index in [-0.39, 0.29) is 0 Å². The molecule has 0 fully saturated rings. The number of hydrogen-bond donors (Lipinski definition) is 1. The summed E-state index contributed by atoms with van der Waals surface area (Å²) in [4.78, 5) is 8.66. The van der Waals surface area contributed by atoms with Gasteiger partial charge in [-0.25, -0.2) is 4.98 Å². The molecule has 1 aliphatic heterocycles. The lowest BCUT2D eigenvalue weighted by Gasteiger charge is -2.14. The first kappa shape index (κ1) is 10.9. The van der Waals surface area contributed by atoms with Crippen molar-refractivity contribution in [2.24, 2.45) is 4.99 Å². The third kappa shape index (κ3) is 2.95. The van der Waals surface area contributed by atoms with E-state index < -0.39 is 0 Å². The summed E-state index contributed by atoms with van der Waals surface area (Å²) in [6.45, 7) is 4.58. The van der Waals surface area contributed by atoms with Gasteiger partial charge >= 0.3 is 0 Å². The summed E-state index contributed by atoms with van der Waals surface area (Å²) in [5.41, 5.74) is 1.16. The van der Waals surface area contributed by atoms with Gasteiger partial charge in [0.15, 0.2) is 0 Å². The maximum atomic E-state index is 5.29. The third-order valence-corrected chi connectivity index (χ3v) is 2.43. The topological polar surface area (TPSA) is 46.5 Å². The van der Waals surface area contributed by atoms with Crippen LogP contribution in [-0.2, 0) is 6.42 Å². The van der Waals surface area contributed by atoms with Crippen molar-refractivity contribution in [2.45, 2.75) is 19.8 Å². The number of rotatable bonds is 4. The van der Waals surface area contributed by atoms with Gasteiger partial charge in [-0.1, -0.05) is 6.07 Å². The van der Waals surface area contributed by atoms with Gasteiger partial charge in [0, 0.05) is 31.8 Å². The zero-order chi connectivity index (χ0) is 11.2. The monoisotopic (exact) mass is 219 g/mol. The molecular formula is C12H17N3O. The molecule has 1 N–H and O–H groups in total. The van der Waals surface area contributed by atoms with Gasteiger partial charge in [0.2, 0.25) is 5.88 Å². The fourth-order valence-electron chi connectivity index (χ4n) is 1.64. The Bertz CT molecular complexity index is 359. The lowest BCUT2D eigenvalue weighted by atomic mass is 10.2. The van der Waals surface area contributed by atoms with Crippen LogP contribution in [0.4, 0.5) is 0 Å². The zero-order valence-corrected chi connectivity index (χ0v) is 9.57. The van der Waals surface area contributed by atoms with E-state index in [1.807, 2.05) is 25.3 Å². The highest BCUT2D eigenvalue weighted by Gasteiger charge is 2.05. The van der Waals surface area contributed by atoms with Gasteiger partial charge in [-0.3, -0.25) is 4.99 Å². The molecule has 4 nitrogen and oxygen atoms in total. The van der Waals surface area contributed by atoms with Crippen molar-refractivity contribution in [3.8, 4) is 5.88 Å². The average molecular weight is 219 g/mol. The van der Waals surface area contributed by atoms with Crippen molar-refractivity contribution in [3.05, 3.63) is 23.9 Å². The molecule has 0 saturated heterocycles. The van der Waals surface area contributed by atoms with Crippen LogP contribution in [0.2, 0.25) is 0 Å². The molecule has 1 aromatic heterocycles. The number of nitrogens with zero attached hydrogens (tertiary/aromatic N) is 2. The summed E-state index contributed by atoms with van der Waals surface area (Å²) in [6.07, 6.45) is 3.81. The molecule has 2 rings (SSSR count). The van der Waals surface area contributed by atoms with E-state index >= 15 is 0 Å². The largest absolute Gasteiger partial charge is 0.478 e. The maximum Gasteiger partial charge on any atom is 0.213 e. The van der Waals surface area contributed by atoms with Crippen LogP contribution in [0.1, 0.15) is 18.9 Å². The van der Waals surface area contributed by atoms with Gasteiger partial charge in [-0.2, -0.15) is 0 Å². The van der Waals surface area contributed by atoms with Crippen LogP contribution in [-0.4, -0.2) is 30.5 Å². The number of aliphatic imine (C=N–C) groups is 1. The smallest absolute Gasteiger partial charge is 0.213 e. The Hall–Kier alpha value is -1.58. The Morgan fingerprint density at radius 3 is 3.00 bits per heavy atom. The van der Waals surface area contributed by atoms with E-state index in [0.717, 1.165) is 37.3 Å². The average Bonchev–Trinajstić information content (AvgIpc) is 2.33. The molecule has 4 heteroatoms. The van der Waals surface area contributed by atoms with Crippen LogP contribution < -0.4 is 10.1 Å². The van der Waals surface area contributed by atoms with E-state index in [1.54, 1.807) is 0 Å². The van der Waals surface area contributed by atoms with Gasteiger partial charge in [-0.05, 0) is 18.9 Å². The minimum Gasteiger partial charge on any atom is -0.478 e. The normalized spacial score (nSPS) is 15.2. The molecule has 0 aliphatic carbocycles. The Morgan fingerprint density at radius 1 is 1.44 bits per heavy atom. The summed E-state index contributed by atoms with van der Waals surface area (Å²) in [6, 6.07) is 3.94. The molecular weight excluding hydrogens is 202 g/mol. The lowest BCUT2D eigenvalue weighted by molar-refractivity contribution is 0.326. The predicted molar refractivity (Wildman–Crippen MR) is 64.0 cm³/mol. The van der Waals surface area contributed by atoms with Gasteiger partial charge < -0.3 is 10.1 Å². The van der Waals surface area contributed by atoms with Gasteiger partial charge in [0.05, 0.1) is 6.61 Å². The summed E-state index contributed by atoms with van der Waals surface area (Å²) < 4.78 is 5.29. The molecule has 0 radical (unpaired) electrons. The molecule has 1 aromatic rings. The van der Waals surface area contributed by atoms with Crippen LogP contribution in [0, 0.1) is 0 Å². The van der Waals surface area contributed by atoms with E-state index in [9.17, 15) is 0 Å². The van der Waals surface area contributed by atoms with Crippen molar-refractivity contribution in [1.29, 1.82) is 0 Å². The van der Waals surface area contributed by atoms with Crippen molar-refractivity contribution >= 4 is 5.84 Å². The van der Waals surface area contributed by atoms with Crippen molar-refractivity contribution in [1.82, 2.24) is 10.3 Å². The number of ether oxygens (including phenoxy) is 1. The SMILES string of the molecule is CCOc1ccc(CC2=NCCCN2)cn1. The molecule has 0 saturated carbocycles. The zero-order valence-electron chi connectivity index (χ0n) is 9.57. The van der Waals surface area contributed by atoms with Crippen LogP contribution in [0.5, 0.6) is 5.88 Å². The van der Waals surface area contributed by atoms with Crippen LogP contribution in [0.25, 0.3) is 0 Å². The highest BCUT2D eigenvalue weighted by molar-refractivity contribution is 5.84. The molecule has 0 bridgehead atoms. The van der Waals surface area contributed by atoms with Crippen molar-refractivity contribution in [2.75, 3.05) is 19.7 Å². The molecule has 2 heterocycles. The van der Waals surface area contributed by atoms with E-state index in [4.69, 9.17) is 4.74 Å². The van der Waals surface area contributed by atoms with E-state index in [2.05, 4.69) is 15.3 Å². The molecule has 0 atom stereocenters. The molecule has 0 spiro atoms. The van der Waals surface area contributed by atoms with Crippen LogP contribution in [0.15, 0.2) is 23.3 Å². The Labute approximate surface area is 95.8 Å². The molecule has 16 heavy (non-hydrogen) atoms. The molecule has 0 aromatic carbocycles. The highest BCUT2D eigenvalue weighted by atomic mass is 16.5. The second-order valence-electron chi connectivity index (χ2n) is 3.72. The summed E-state index contributed by atoms with van der Waals surface area (Å²) in [5.74, 6) is 1.75. The van der Waals surface area contributed by atoms with Gasteiger partial charge in [0.25, 0.3) is 0 Å². The van der Waals surface area contributed by atoms with Crippen LogP contribution in [0.3, 0.4) is 0 Å². The van der Waals surface area contributed by atoms with Gasteiger partial charge in [-0.15, -0.1) is 0 Å². The van der Waals surface area contributed by atoms with Crippen LogP contribution >= 0.6 is 0 Å². The Kier molecular flexibility index (Phi) is 3.75. The number of pyridine rings is 1. The lowest BCUT2D eigenvalue weighted by Crippen LogP contribution is -2.30. The number of nitrogens with one attached hydrogen (secondary N) is 1. The van der Waals surface area contributed by atoms with Crippen molar-refractivity contribution < 1.29 is 4.74 Å². The standard InChI is InChI=1S/C12H17N3O/c1-2-16-12-5-4-10(9-15-12)8-11-13-6-3-7-14-11/h4-5,9H,2-3,6-8H2,1H3,(H,13,14). The number of aromatic nitrogens is 1. The molecule has 86 valence electrons. The molecule has 1 aliphatic rings. The first-order valence-corrected chi connectivity index (χ1v) is 5.73. The Morgan fingerprint density at radius 2 is 2.38 bits per heavy atom. The second kappa shape index (κ2) is 5.49. The minimum absolute atomic E-state index is 0.653. The fraction of sp³-hybridized carbons (Fsp3) is 0.500. The summed E-state index contributed by atoms with van der Waals surface area (Å²) in [5, 5.41) is 3.30. The first-order valence-electron chi connectivity index (χ1n) is 5.73. The minimum atomic E-state index is 0.653. The van der Waals surface area contributed by atoms with Crippen molar-refractivity contribution in [3.63, 3.8) is 0 Å². The number of amidine groups is 1. The van der Waals surface area contributed by atoms with Gasteiger partial charge in [0.1, 0.15) is 5.84 Å². The number of hydrogen-bond acceptors (Lipinski definition) is 4. The van der Waals surface area contributed by atoms with E-state index in [0.29, 0.717) is 12.5 Å². The highest BCUT2D eigenvalue weighted by Crippen LogP contribution is 2.08. The summed E-state index contributed by atoms with van der Waals surface area (Å²) in [7, 11) is 0. The quantitative estimate of drug-likeness (QED) is 0.833. The fourth-order valence-corrected chi connectivity index (χ4v) is 1.64. The Balaban J connectivity index is 1.96. The molecule has 0 amide bonds. The summed E-state index contributed by atoms with van der Waals surface area (Å²) >= 11 is 0. The third-order valence-electron chi connectivity index (χ3n) is 2.43.